The highest BCUT2D eigenvalue weighted by Crippen LogP contribution is 2.19. The number of halogens is 2. The van der Waals surface area contributed by atoms with Gasteiger partial charge in [-0.2, -0.15) is 0 Å². The summed E-state index contributed by atoms with van der Waals surface area (Å²) in [5.74, 6) is -1.37. The lowest BCUT2D eigenvalue weighted by Gasteiger charge is -2.06. The van der Waals surface area contributed by atoms with Crippen LogP contribution < -0.4 is 4.74 Å². The SMILES string of the molecule is COc1ccc(C(=O)CC(=O)C(F)F)cc1C. The molecule has 0 saturated heterocycles. The maximum Gasteiger partial charge on any atom is 0.296 e. The molecule has 0 aromatic heterocycles. The van der Waals surface area contributed by atoms with E-state index in [1.807, 2.05) is 0 Å². The molecule has 0 saturated carbocycles. The molecule has 0 unspecified atom stereocenters. The molecule has 17 heavy (non-hydrogen) atoms. The van der Waals surface area contributed by atoms with Gasteiger partial charge in [-0.3, -0.25) is 9.59 Å². The number of alkyl halides is 2. The van der Waals surface area contributed by atoms with Gasteiger partial charge in [0.2, 0.25) is 5.78 Å². The maximum atomic E-state index is 12.0. The van der Waals surface area contributed by atoms with E-state index in [9.17, 15) is 18.4 Å². The Morgan fingerprint density at radius 1 is 1.35 bits per heavy atom. The molecule has 1 aromatic rings. The molecule has 0 aliphatic heterocycles. The Morgan fingerprint density at radius 3 is 2.47 bits per heavy atom. The van der Waals surface area contributed by atoms with E-state index in [1.54, 1.807) is 13.0 Å². The summed E-state index contributed by atoms with van der Waals surface area (Å²) < 4.78 is 29.0. The third-order valence-corrected chi connectivity index (χ3v) is 2.30. The summed E-state index contributed by atoms with van der Waals surface area (Å²) in [7, 11) is 1.49. The predicted molar refractivity (Wildman–Crippen MR) is 57.7 cm³/mol. The largest absolute Gasteiger partial charge is 0.496 e. The fourth-order valence-electron chi connectivity index (χ4n) is 1.39. The van der Waals surface area contributed by atoms with Gasteiger partial charge in [-0.25, -0.2) is 8.78 Å². The van der Waals surface area contributed by atoms with Crippen molar-refractivity contribution in [1.29, 1.82) is 0 Å². The molecule has 0 atom stereocenters. The van der Waals surface area contributed by atoms with E-state index in [4.69, 9.17) is 4.74 Å². The maximum absolute atomic E-state index is 12.0. The molecule has 0 fully saturated rings. The normalized spacial score (nSPS) is 10.4. The van der Waals surface area contributed by atoms with Crippen molar-refractivity contribution in [1.82, 2.24) is 0 Å². The minimum absolute atomic E-state index is 0.234. The number of carbonyl (C=O) groups is 2. The Hall–Kier alpha value is -1.78. The zero-order chi connectivity index (χ0) is 13.0. The molecule has 1 rings (SSSR count). The van der Waals surface area contributed by atoms with Crippen LogP contribution in [-0.2, 0) is 4.79 Å². The van der Waals surface area contributed by atoms with Crippen LogP contribution in [0.3, 0.4) is 0 Å². The highest BCUT2D eigenvalue weighted by atomic mass is 19.3. The summed E-state index contributed by atoms with van der Waals surface area (Å²) in [6.45, 7) is 1.73. The van der Waals surface area contributed by atoms with Crippen molar-refractivity contribution in [2.24, 2.45) is 0 Å². The van der Waals surface area contributed by atoms with Gasteiger partial charge in [0.05, 0.1) is 13.5 Å². The number of benzene rings is 1. The van der Waals surface area contributed by atoms with Crippen molar-refractivity contribution in [2.45, 2.75) is 19.8 Å². The summed E-state index contributed by atoms with van der Waals surface area (Å²) in [5, 5.41) is 0. The highest BCUT2D eigenvalue weighted by molar-refractivity contribution is 6.08. The first-order valence-corrected chi connectivity index (χ1v) is 4.94. The Bertz CT molecular complexity index is 441. The van der Waals surface area contributed by atoms with Crippen LogP contribution in [0.15, 0.2) is 18.2 Å². The zero-order valence-corrected chi connectivity index (χ0v) is 9.50. The zero-order valence-electron chi connectivity index (χ0n) is 9.50. The van der Waals surface area contributed by atoms with Gasteiger partial charge in [0.15, 0.2) is 5.78 Å². The highest BCUT2D eigenvalue weighted by Gasteiger charge is 2.20. The molecule has 0 amide bonds. The molecule has 0 heterocycles. The van der Waals surface area contributed by atoms with Crippen LogP contribution in [0.4, 0.5) is 8.78 Å². The number of hydrogen-bond donors (Lipinski definition) is 0. The van der Waals surface area contributed by atoms with E-state index in [2.05, 4.69) is 0 Å². The Kier molecular flexibility index (Phi) is 4.31. The lowest BCUT2D eigenvalue weighted by molar-refractivity contribution is -0.128. The smallest absolute Gasteiger partial charge is 0.296 e. The molecular formula is C12H12F2O3. The average Bonchev–Trinajstić information content (AvgIpc) is 2.28. The molecule has 0 radical (unpaired) electrons. The summed E-state index contributed by atoms with van der Waals surface area (Å²) in [6, 6.07) is 4.53. The van der Waals surface area contributed by atoms with Crippen molar-refractivity contribution in [3.05, 3.63) is 29.3 Å². The minimum atomic E-state index is -3.10. The lowest BCUT2D eigenvalue weighted by Crippen LogP contribution is -2.15. The van der Waals surface area contributed by atoms with Gasteiger partial charge in [-0.15, -0.1) is 0 Å². The van der Waals surface area contributed by atoms with Gasteiger partial charge in [0.1, 0.15) is 5.75 Å². The third-order valence-electron chi connectivity index (χ3n) is 2.30. The van der Waals surface area contributed by atoms with E-state index in [-0.39, 0.29) is 5.56 Å². The second kappa shape index (κ2) is 5.52. The topological polar surface area (TPSA) is 43.4 Å². The second-order valence-electron chi connectivity index (χ2n) is 3.55. The van der Waals surface area contributed by atoms with Crippen LogP contribution in [0, 0.1) is 6.92 Å². The first-order valence-electron chi connectivity index (χ1n) is 4.94. The Morgan fingerprint density at radius 2 is 2.00 bits per heavy atom. The quantitative estimate of drug-likeness (QED) is 0.588. The Balaban J connectivity index is 2.83. The third kappa shape index (κ3) is 3.34. The standard InChI is InChI=1S/C12H12F2O3/c1-7-5-8(3-4-11(7)17-2)9(15)6-10(16)12(13)14/h3-5,12H,6H2,1-2H3. The van der Waals surface area contributed by atoms with Gasteiger partial charge in [-0.05, 0) is 30.7 Å². The number of carbonyl (C=O) groups excluding carboxylic acids is 2. The molecular weight excluding hydrogens is 230 g/mol. The monoisotopic (exact) mass is 242 g/mol. The number of aryl methyl sites for hydroxylation is 1. The summed E-state index contributed by atoms with van der Waals surface area (Å²) in [6.07, 6.45) is -3.87. The number of methoxy groups -OCH3 is 1. The van der Waals surface area contributed by atoms with E-state index in [1.165, 1.54) is 19.2 Å². The summed E-state index contributed by atoms with van der Waals surface area (Å²) >= 11 is 0. The molecule has 0 aliphatic rings. The van der Waals surface area contributed by atoms with Crippen LogP contribution in [0.25, 0.3) is 0 Å². The van der Waals surface area contributed by atoms with Crippen LogP contribution in [0.1, 0.15) is 22.3 Å². The van der Waals surface area contributed by atoms with Crippen LogP contribution in [0.5, 0.6) is 5.75 Å². The molecule has 0 N–H and O–H groups in total. The first-order chi connectivity index (χ1) is 7.95. The molecule has 0 bridgehead atoms. The van der Waals surface area contributed by atoms with Crippen LogP contribution >= 0.6 is 0 Å². The predicted octanol–water partition coefficient (Wildman–Crippen LogP) is 2.41. The lowest BCUT2D eigenvalue weighted by atomic mass is 10.0. The number of ether oxygens (including phenoxy) is 1. The van der Waals surface area contributed by atoms with Crippen molar-refractivity contribution in [3.63, 3.8) is 0 Å². The van der Waals surface area contributed by atoms with Gasteiger partial charge in [-0.1, -0.05) is 0 Å². The van der Waals surface area contributed by atoms with Crippen molar-refractivity contribution >= 4 is 11.6 Å². The van der Waals surface area contributed by atoms with Crippen LogP contribution in [0.2, 0.25) is 0 Å². The van der Waals surface area contributed by atoms with E-state index < -0.39 is 24.4 Å². The van der Waals surface area contributed by atoms with Gasteiger partial charge < -0.3 is 4.74 Å². The van der Waals surface area contributed by atoms with Crippen molar-refractivity contribution in [2.75, 3.05) is 7.11 Å². The fraction of sp³-hybridized carbons (Fsp3) is 0.333. The minimum Gasteiger partial charge on any atom is -0.496 e. The number of rotatable bonds is 5. The number of hydrogen-bond acceptors (Lipinski definition) is 3. The van der Waals surface area contributed by atoms with E-state index in [0.717, 1.165) is 0 Å². The van der Waals surface area contributed by atoms with Gasteiger partial charge >= 0.3 is 0 Å². The van der Waals surface area contributed by atoms with Crippen molar-refractivity contribution in [3.8, 4) is 5.75 Å². The summed E-state index contributed by atoms with van der Waals surface area (Å²) in [4.78, 5) is 22.3. The van der Waals surface area contributed by atoms with Gasteiger partial charge in [0.25, 0.3) is 6.43 Å². The molecule has 92 valence electrons. The first kappa shape index (κ1) is 13.3. The van der Waals surface area contributed by atoms with E-state index >= 15 is 0 Å². The van der Waals surface area contributed by atoms with Crippen molar-refractivity contribution < 1.29 is 23.1 Å². The molecule has 0 spiro atoms. The molecule has 3 nitrogen and oxygen atoms in total. The average molecular weight is 242 g/mol. The number of Topliss-reactive ketones (excluding diaryl/α,β-unsaturated/α-hetero) is 2. The second-order valence-corrected chi connectivity index (χ2v) is 3.55. The Labute approximate surface area is 97.4 Å². The molecule has 0 aliphatic carbocycles. The molecule has 1 aromatic carbocycles. The number of ketones is 2. The molecule has 5 heteroatoms. The fourth-order valence-corrected chi connectivity index (χ4v) is 1.39. The van der Waals surface area contributed by atoms with Gasteiger partial charge in [0, 0.05) is 5.56 Å². The van der Waals surface area contributed by atoms with Crippen LogP contribution in [-0.4, -0.2) is 25.1 Å². The van der Waals surface area contributed by atoms with E-state index in [0.29, 0.717) is 11.3 Å². The summed E-state index contributed by atoms with van der Waals surface area (Å²) in [5.41, 5.74) is 0.945.